The third-order valence-corrected chi connectivity index (χ3v) is 6.14. The number of carbonyl (C=O) groups excluding carboxylic acids is 3. The first-order valence-electron chi connectivity index (χ1n) is 10.6. The minimum atomic E-state index is -0.506. The van der Waals surface area contributed by atoms with Crippen molar-refractivity contribution in [1.29, 1.82) is 0 Å². The van der Waals surface area contributed by atoms with Gasteiger partial charge in [0.1, 0.15) is 22.9 Å². The molecule has 0 fully saturated rings. The van der Waals surface area contributed by atoms with E-state index >= 15 is 0 Å². The van der Waals surface area contributed by atoms with E-state index in [-0.39, 0.29) is 25.7 Å². The third kappa shape index (κ3) is 4.75. The number of carbonyl (C=O) groups is 3. The van der Waals surface area contributed by atoms with Crippen molar-refractivity contribution in [3.63, 3.8) is 0 Å². The molecule has 2 heterocycles. The molecule has 0 atom stereocenters. The topological polar surface area (TPSA) is 84.9 Å². The normalized spacial score (nSPS) is 12.7. The van der Waals surface area contributed by atoms with Gasteiger partial charge in [0, 0.05) is 10.9 Å². The van der Waals surface area contributed by atoms with Crippen molar-refractivity contribution in [1.82, 2.24) is 0 Å². The smallest absolute Gasteiger partial charge is 0.341 e. The molecule has 0 unspecified atom stereocenters. The fraction of sp³-hybridized carbons (Fsp3) is 0.240. The second-order valence-electron chi connectivity index (χ2n) is 7.73. The van der Waals surface area contributed by atoms with E-state index in [1.165, 1.54) is 16.2 Å². The Bertz CT molecular complexity index is 1220. The van der Waals surface area contributed by atoms with Gasteiger partial charge in [0.25, 0.3) is 5.91 Å². The van der Waals surface area contributed by atoms with Crippen LogP contribution in [-0.4, -0.2) is 37.5 Å². The highest BCUT2D eigenvalue weighted by Gasteiger charge is 2.29. The average molecular weight is 465 g/mol. The van der Waals surface area contributed by atoms with Gasteiger partial charge in [0.15, 0.2) is 6.61 Å². The standard InChI is InChI=1S/C25H24N2O5S/c1-4-31-25(30)23-18(17-8-5-15(2)6-9-17)14-33-24(23)26-21(28)12-27-19-11-16(3)7-10-20(19)32-13-22(27)29/h5-11,14H,4,12-13H2,1-3H3,(H,26,28). The van der Waals surface area contributed by atoms with Crippen molar-refractivity contribution in [2.45, 2.75) is 20.8 Å². The van der Waals surface area contributed by atoms with Crippen LogP contribution in [0.25, 0.3) is 11.1 Å². The van der Waals surface area contributed by atoms with E-state index in [9.17, 15) is 14.4 Å². The molecule has 0 aliphatic carbocycles. The summed E-state index contributed by atoms with van der Waals surface area (Å²) in [7, 11) is 0. The summed E-state index contributed by atoms with van der Waals surface area (Å²) in [5, 5.41) is 5.02. The zero-order chi connectivity index (χ0) is 23.5. The van der Waals surface area contributed by atoms with Crippen molar-refractivity contribution < 1.29 is 23.9 Å². The van der Waals surface area contributed by atoms with Crippen LogP contribution in [0, 0.1) is 13.8 Å². The molecule has 1 aliphatic rings. The Morgan fingerprint density at radius 2 is 1.85 bits per heavy atom. The van der Waals surface area contributed by atoms with Crippen molar-refractivity contribution in [3.8, 4) is 16.9 Å². The molecule has 4 rings (SSSR count). The molecule has 0 radical (unpaired) electrons. The van der Waals surface area contributed by atoms with Crippen LogP contribution in [0.2, 0.25) is 0 Å². The monoisotopic (exact) mass is 464 g/mol. The molecular weight excluding hydrogens is 440 g/mol. The Hall–Kier alpha value is -3.65. The summed E-state index contributed by atoms with van der Waals surface area (Å²) in [5.74, 6) is -0.674. The number of hydrogen-bond acceptors (Lipinski definition) is 6. The van der Waals surface area contributed by atoms with Crippen molar-refractivity contribution >= 4 is 39.8 Å². The van der Waals surface area contributed by atoms with E-state index in [0.29, 0.717) is 27.6 Å². The summed E-state index contributed by atoms with van der Waals surface area (Å²) in [5.41, 5.74) is 4.46. The predicted molar refractivity (Wildman–Crippen MR) is 128 cm³/mol. The van der Waals surface area contributed by atoms with Crippen molar-refractivity contribution in [2.75, 3.05) is 30.0 Å². The fourth-order valence-corrected chi connectivity index (χ4v) is 4.57. The number of aryl methyl sites for hydroxylation is 2. The zero-order valence-corrected chi connectivity index (χ0v) is 19.5. The van der Waals surface area contributed by atoms with Crippen LogP contribution in [0.5, 0.6) is 5.75 Å². The minimum absolute atomic E-state index is 0.131. The molecule has 2 aromatic carbocycles. The molecule has 0 bridgehead atoms. The Morgan fingerprint density at radius 3 is 2.58 bits per heavy atom. The second kappa shape index (κ2) is 9.46. The van der Waals surface area contributed by atoms with E-state index in [1.54, 1.807) is 13.0 Å². The van der Waals surface area contributed by atoms with Gasteiger partial charge >= 0.3 is 5.97 Å². The highest BCUT2D eigenvalue weighted by Crippen LogP contribution is 2.37. The lowest BCUT2D eigenvalue weighted by atomic mass is 10.0. The predicted octanol–water partition coefficient (Wildman–Crippen LogP) is 4.57. The van der Waals surface area contributed by atoms with Crippen LogP contribution in [-0.2, 0) is 14.3 Å². The number of ether oxygens (including phenoxy) is 2. The summed E-state index contributed by atoms with van der Waals surface area (Å²) in [6.07, 6.45) is 0. The average Bonchev–Trinajstić information content (AvgIpc) is 3.20. The van der Waals surface area contributed by atoms with Gasteiger partial charge in [0.2, 0.25) is 5.91 Å². The number of nitrogens with zero attached hydrogens (tertiary/aromatic N) is 1. The molecule has 1 N–H and O–H groups in total. The first-order valence-corrected chi connectivity index (χ1v) is 11.4. The lowest BCUT2D eigenvalue weighted by molar-refractivity contribution is -0.123. The molecule has 0 saturated carbocycles. The highest BCUT2D eigenvalue weighted by molar-refractivity contribution is 7.15. The molecule has 8 heteroatoms. The first kappa shape index (κ1) is 22.5. The summed E-state index contributed by atoms with van der Waals surface area (Å²) in [6.45, 7) is 5.52. The number of amides is 2. The van der Waals surface area contributed by atoms with Gasteiger partial charge in [-0.25, -0.2) is 4.79 Å². The van der Waals surface area contributed by atoms with E-state index in [2.05, 4.69) is 5.32 Å². The first-order chi connectivity index (χ1) is 15.9. The molecule has 0 spiro atoms. The maximum atomic E-state index is 13.0. The van der Waals surface area contributed by atoms with Gasteiger partial charge in [-0.2, -0.15) is 0 Å². The summed E-state index contributed by atoms with van der Waals surface area (Å²) >= 11 is 1.25. The van der Waals surface area contributed by atoms with E-state index in [4.69, 9.17) is 9.47 Å². The van der Waals surface area contributed by atoms with E-state index in [0.717, 1.165) is 16.7 Å². The molecule has 7 nitrogen and oxygen atoms in total. The molecular formula is C25H24N2O5S. The molecule has 170 valence electrons. The van der Waals surface area contributed by atoms with Gasteiger partial charge in [-0.3, -0.25) is 14.5 Å². The zero-order valence-electron chi connectivity index (χ0n) is 18.6. The van der Waals surface area contributed by atoms with Crippen molar-refractivity contribution in [3.05, 3.63) is 64.5 Å². The van der Waals surface area contributed by atoms with E-state index in [1.807, 2.05) is 55.6 Å². The van der Waals surface area contributed by atoms with Gasteiger partial charge in [0.05, 0.1) is 12.3 Å². The largest absolute Gasteiger partial charge is 0.482 e. The molecule has 3 aromatic rings. The lowest BCUT2D eigenvalue weighted by Gasteiger charge is -2.29. The lowest BCUT2D eigenvalue weighted by Crippen LogP contribution is -2.43. The summed E-state index contributed by atoms with van der Waals surface area (Å²) in [6, 6.07) is 13.3. The van der Waals surface area contributed by atoms with Crippen LogP contribution in [0.3, 0.4) is 0 Å². The van der Waals surface area contributed by atoms with Gasteiger partial charge in [-0.15, -0.1) is 11.3 Å². The quantitative estimate of drug-likeness (QED) is 0.540. The Labute approximate surface area is 195 Å². The number of rotatable bonds is 6. The van der Waals surface area contributed by atoms with E-state index < -0.39 is 11.9 Å². The number of thiophene rings is 1. The Balaban J connectivity index is 1.61. The second-order valence-corrected chi connectivity index (χ2v) is 8.61. The van der Waals surface area contributed by atoms with Crippen LogP contribution in [0.1, 0.15) is 28.4 Å². The summed E-state index contributed by atoms with van der Waals surface area (Å²) in [4.78, 5) is 39.6. The van der Waals surface area contributed by atoms with Crippen LogP contribution < -0.4 is 15.0 Å². The maximum absolute atomic E-state index is 13.0. The molecule has 1 aliphatic heterocycles. The molecule has 1 aromatic heterocycles. The van der Waals surface area contributed by atoms with Gasteiger partial charge < -0.3 is 14.8 Å². The number of hydrogen-bond donors (Lipinski definition) is 1. The highest BCUT2D eigenvalue weighted by atomic mass is 32.1. The summed E-state index contributed by atoms with van der Waals surface area (Å²) < 4.78 is 10.7. The minimum Gasteiger partial charge on any atom is -0.482 e. The Morgan fingerprint density at radius 1 is 1.12 bits per heavy atom. The Kier molecular flexibility index (Phi) is 6.46. The maximum Gasteiger partial charge on any atom is 0.341 e. The number of anilines is 2. The van der Waals surface area contributed by atoms with Crippen LogP contribution >= 0.6 is 11.3 Å². The SMILES string of the molecule is CCOC(=O)c1c(-c2ccc(C)cc2)csc1NC(=O)CN1C(=O)COc2ccc(C)cc21. The molecule has 33 heavy (non-hydrogen) atoms. The number of benzene rings is 2. The van der Waals surface area contributed by atoms with Crippen molar-refractivity contribution in [2.24, 2.45) is 0 Å². The molecule has 2 amide bonds. The number of fused-ring (bicyclic) bond motifs is 1. The fourth-order valence-electron chi connectivity index (χ4n) is 3.60. The van der Waals surface area contributed by atoms with Crippen LogP contribution in [0.4, 0.5) is 10.7 Å². The number of nitrogens with one attached hydrogen (secondary N) is 1. The number of esters is 1. The van der Waals surface area contributed by atoms with Gasteiger partial charge in [-0.1, -0.05) is 35.9 Å². The van der Waals surface area contributed by atoms with Gasteiger partial charge in [-0.05, 0) is 44.0 Å². The van der Waals surface area contributed by atoms with Crippen LogP contribution in [0.15, 0.2) is 47.8 Å². The molecule has 0 saturated heterocycles. The third-order valence-electron chi connectivity index (χ3n) is 5.25.